The first-order chi connectivity index (χ1) is 16.4. The van der Waals surface area contributed by atoms with E-state index in [9.17, 15) is 4.79 Å². The Morgan fingerprint density at radius 2 is 1.79 bits per heavy atom. The molecule has 6 nitrogen and oxygen atoms in total. The van der Waals surface area contributed by atoms with Gasteiger partial charge >= 0.3 is 0 Å². The second kappa shape index (κ2) is 9.22. The lowest BCUT2D eigenvalue weighted by molar-refractivity contribution is 0.0890. The van der Waals surface area contributed by atoms with Gasteiger partial charge in [0.2, 0.25) is 11.2 Å². The van der Waals surface area contributed by atoms with Crippen LogP contribution in [0.4, 0.5) is 0 Å². The van der Waals surface area contributed by atoms with Crippen LogP contribution in [0.5, 0.6) is 23.0 Å². The van der Waals surface area contributed by atoms with Crippen LogP contribution in [0.1, 0.15) is 16.9 Å². The van der Waals surface area contributed by atoms with Crippen LogP contribution < -0.4 is 19.6 Å². The van der Waals surface area contributed by atoms with E-state index in [0.29, 0.717) is 63.8 Å². The van der Waals surface area contributed by atoms with Gasteiger partial charge in [-0.25, -0.2) is 0 Å². The molecule has 1 aromatic heterocycles. The average molecular weight is 498 g/mol. The second-order valence-corrected chi connectivity index (χ2v) is 8.85. The second-order valence-electron chi connectivity index (χ2n) is 8.01. The summed E-state index contributed by atoms with van der Waals surface area (Å²) in [6.07, 6.45) is 0. The van der Waals surface area contributed by atoms with Crippen LogP contribution in [0.3, 0.4) is 0 Å². The quantitative estimate of drug-likeness (QED) is 0.311. The van der Waals surface area contributed by atoms with E-state index < -0.39 is 0 Å². The molecular formula is C26H21Cl2NO5. The average Bonchev–Trinajstić information content (AvgIpc) is 2.84. The van der Waals surface area contributed by atoms with Crippen molar-refractivity contribution in [3.63, 3.8) is 0 Å². The van der Waals surface area contributed by atoms with E-state index in [1.54, 1.807) is 56.5 Å². The van der Waals surface area contributed by atoms with Crippen LogP contribution in [-0.2, 0) is 13.1 Å². The first-order valence-electron chi connectivity index (χ1n) is 10.6. The summed E-state index contributed by atoms with van der Waals surface area (Å²) >= 11 is 12.4. The van der Waals surface area contributed by atoms with E-state index in [0.717, 1.165) is 11.1 Å². The lowest BCUT2D eigenvalue weighted by Crippen LogP contribution is -2.32. The predicted octanol–water partition coefficient (Wildman–Crippen LogP) is 6.56. The monoisotopic (exact) mass is 497 g/mol. The first-order valence-corrected chi connectivity index (χ1v) is 11.4. The number of benzene rings is 3. The summed E-state index contributed by atoms with van der Waals surface area (Å²) in [7, 11) is 1.59. The summed E-state index contributed by atoms with van der Waals surface area (Å²) in [5.74, 6) is 2.45. The third kappa shape index (κ3) is 4.32. The van der Waals surface area contributed by atoms with Crippen molar-refractivity contribution >= 4 is 34.2 Å². The molecule has 0 fully saturated rings. The molecule has 34 heavy (non-hydrogen) atoms. The van der Waals surface area contributed by atoms with Crippen molar-refractivity contribution in [1.29, 1.82) is 0 Å². The molecule has 0 radical (unpaired) electrons. The SMILES string of the molecule is COc1ccc(Oc2c(C)oc3c4c(ccc3c2=O)OCN(Cc2ccc(Cl)cc2Cl)C4)cc1. The molecule has 5 rings (SSSR count). The molecule has 0 atom stereocenters. The molecule has 3 aromatic carbocycles. The molecular weight excluding hydrogens is 477 g/mol. The Kier molecular flexibility index (Phi) is 6.13. The lowest BCUT2D eigenvalue weighted by Gasteiger charge is -2.29. The summed E-state index contributed by atoms with van der Waals surface area (Å²) in [4.78, 5) is 15.4. The highest BCUT2D eigenvalue weighted by Crippen LogP contribution is 2.35. The maximum atomic E-state index is 13.3. The van der Waals surface area contributed by atoms with Gasteiger partial charge in [-0.15, -0.1) is 0 Å². The van der Waals surface area contributed by atoms with Gasteiger partial charge in [-0.2, -0.15) is 0 Å². The molecule has 1 aliphatic rings. The van der Waals surface area contributed by atoms with E-state index in [-0.39, 0.29) is 11.2 Å². The number of halogens is 2. The topological polar surface area (TPSA) is 61.1 Å². The smallest absolute Gasteiger partial charge is 0.235 e. The Balaban J connectivity index is 1.47. The van der Waals surface area contributed by atoms with Crippen molar-refractivity contribution in [2.45, 2.75) is 20.0 Å². The molecule has 0 unspecified atom stereocenters. The molecule has 0 bridgehead atoms. The lowest BCUT2D eigenvalue weighted by atomic mass is 10.1. The fraction of sp³-hybridized carbons (Fsp3) is 0.192. The Hall–Kier alpha value is -3.19. The minimum absolute atomic E-state index is 0.152. The minimum Gasteiger partial charge on any atom is -0.497 e. The fourth-order valence-corrected chi connectivity index (χ4v) is 4.44. The van der Waals surface area contributed by atoms with Gasteiger partial charge in [0.05, 0.1) is 18.1 Å². The molecule has 0 aliphatic carbocycles. The zero-order valence-electron chi connectivity index (χ0n) is 18.6. The van der Waals surface area contributed by atoms with Crippen molar-refractivity contribution < 1.29 is 18.6 Å². The Bertz CT molecular complexity index is 1430. The van der Waals surface area contributed by atoms with E-state index in [1.807, 2.05) is 12.1 Å². The molecule has 0 saturated carbocycles. The standard InChI is InChI=1S/C26H21Cl2NO5/c1-15-25(34-19-7-5-18(31-2)6-8-19)24(30)20-9-10-23-21(26(20)33-15)13-29(14-32-23)12-16-3-4-17(27)11-22(16)28/h3-11H,12-14H2,1-2H3. The molecule has 4 aromatic rings. The van der Waals surface area contributed by atoms with Gasteiger partial charge in [0, 0.05) is 23.1 Å². The molecule has 0 spiro atoms. The summed E-state index contributed by atoms with van der Waals surface area (Å²) < 4.78 is 23.1. The molecule has 2 heterocycles. The number of hydrogen-bond donors (Lipinski definition) is 0. The van der Waals surface area contributed by atoms with Crippen LogP contribution in [-0.4, -0.2) is 18.7 Å². The molecule has 0 saturated heterocycles. The Morgan fingerprint density at radius 1 is 1.03 bits per heavy atom. The molecule has 8 heteroatoms. The van der Waals surface area contributed by atoms with Crippen LogP contribution in [0.2, 0.25) is 10.0 Å². The number of methoxy groups -OCH3 is 1. The van der Waals surface area contributed by atoms with Crippen molar-refractivity contribution in [3.8, 4) is 23.0 Å². The number of nitrogens with zero attached hydrogens (tertiary/aromatic N) is 1. The van der Waals surface area contributed by atoms with Gasteiger partial charge in [-0.1, -0.05) is 29.3 Å². The molecule has 174 valence electrons. The zero-order valence-corrected chi connectivity index (χ0v) is 20.1. The third-order valence-corrected chi connectivity index (χ3v) is 6.30. The van der Waals surface area contributed by atoms with E-state index >= 15 is 0 Å². The Labute approximate surface area is 206 Å². The van der Waals surface area contributed by atoms with Crippen LogP contribution >= 0.6 is 23.2 Å². The van der Waals surface area contributed by atoms with Crippen molar-refractivity contribution in [3.05, 3.63) is 91.8 Å². The number of aryl methyl sites for hydroxylation is 1. The minimum atomic E-state index is -0.241. The van der Waals surface area contributed by atoms with Crippen molar-refractivity contribution in [1.82, 2.24) is 4.90 Å². The van der Waals surface area contributed by atoms with Crippen molar-refractivity contribution in [2.24, 2.45) is 0 Å². The number of ether oxygens (including phenoxy) is 3. The Morgan fingerprint density at radius 3 is 2.53 bits per heavy atom. The third-order valence-electron chi connectivity index (χ3n) is 5.72. The maximum absolute atomic E-state index is 13.3. The summed E-state index contributed by atoms with van der Waals surface area (Å²) in [5.41, 5.74) is 2.00. The first kappa shape index (κ1) is 22.6. The maximum Gasteiger partial charge on any atom is 0.235 e. The van der Waals surface area contributed by atoms with E-state index in [1.165, 1.54) is 0 Å². The zero-order chi connectivity index (χ0) is 23.8. The van der Waals surface area contributed by atoms with Gasteiger partial charge in [-0.3, -0.25) is 9.69 Å². The van der Waals surface area contributed by atoms with Crippen molar-refractivity contribution in [2.75, 3.05) is 13.8 Å². The number of rotatable bonds is 5. The highest BCUT2D eigenvalue weighted by atomic mass is 35.5. The number of hydrogen-bond acceptors (Lipinski definition) is 6. The largest absolute Gasteiger partial charge is 0.497 e. The van der Waals surface area contributed by atoms with Gasteiger partial charge in [0.25, 0.3) is 0 Å². The summed E-state index contributed by atoms with van der Waals surface area (Å²) in [6, 6.07) is 16.0. The molecule has 1 aliphatic heterocycles. The molecule has 0 N–H and O–H groups in total. The normalized spacial score (nSPS) is 13.4. The van der Waals surface area contributed by atoms with Gasteiger partial charge < -0.3 is 18.6 Å². The van der Waals surface area contributed by atoms with Crippen LogP contribution in [0.15, 0.2) is 63.8 Å². The highest BCUT2D eigenvalue weighted by Gasteiger charge is 2.24. The van der Waals surface area contributed by atoms with Gasteiger partial charge in [0.15, 0.2) is 0 Å². The van der Waals surface area contributed by atoms with Crippen LogP contribution in [0.25, 0.3) is 11.0 Å². The predicted molar refractivity (Wildman–Crippen MR) is 131 cm³/mol. The van der Waals surface area contributed by atoms with Crippen LogP contribution in [0, 0.1) is 6.92 Å². The highest BCUT2D eigenvalue weighted by molar-refractivity contribution is 6.35. The number of fused-ring (bicyclic) bond motifs is 3. The van der Waals surface area contributed by atoms with E-state index in [2.05, 4.69) is 4.90 Å². The van der Waals surface area contributed by atoms with Gasteiger partial charge in [-0.05, 0) is 61.0 Å². The van der Waals surface area contributed by atoms with E-state index in [4.69, 9.17) is 41.8 Å². The van der Waals surface area contributed by atoms with Gasteiger partial charge in [0.1, 0.15) is 35.3 Å². The fourth-order valence-electron chi connectivity index (χ4n) is 3.97. The molecule has 0 amide bonds. The summed E-state index contributed by atoms with van der Waals surface area (Å²) in [6.45, 7) is 3.20. The summed E-state index contributed by atoms with van der Waals surface area (Å²) in [5, 5.41) is 1.62.